The van der Waals surface area contributed by atoms with Crippen LogP contribution in [0.25, 0.3) is 0 Å². The van der Waals surface area contributed by atoms with Crippen LogP contribution in [0.2, 0.25) is 0 Å². The van der Waals surface area contributed by atoms with Gasteiger partial charge in [-0.05, 0) is 37.1 Å². The van der Waals surface area contributed by atoms with Gasteiger partial charge >= 0.3 is 6.03 Å². The van der Waals surface area contributed by atoms with E-state index in [2.05, 4.69) is 10.6 Å². The van der Waals surface area contributed by atoms with E-state index >= 15 is 0 Å². The Morgan fingerprint density at radius 3 is 2.52 bits per heavy atom. The van der Waals surface area contributed by atoms with Gasteiger partial charge in [0.2, 0.25) is 5.91 Å². The van der Waals surface area contributed by atoms with Gasteiger partial charge in [0, 0.05) is 30.5 Å². The molecule has 1 fully saturated rings. The number of hydrogen-bond acceptors (Lipinski definition) is 3. The normalized spacial score (nSPS) is 17.0. The summed E-state index contributed by atoms with van der Waals surface area (Å²) in [5, 5.41) is 15.1. The van der Waals surface area contributed by atoms with Crippen molar-refractivity contribution in [2.45, 2.75) is 12.8 Å². The minimum atomic E-state index is -0.266. The van der Waals surface area contributed by atoms with Crippen molar-refractivity contribution in [3.63, 3.8) is 0 Å². The molecular weight excluding hydrogens is 318 g/mol. The lowest BCUT2D eigenvalue weighted by atomic mass is 9.97. The molecule has 2 aromatic rings. The number of rotatable bonds is 3. The highest BCUT2D eigenvalue weighted by molar-refractivity contribution is 5.94. The number of phenols is 1. The molecule has 3 amide bonds. The summed E-state index contributed by atoms with van der Waals surface area (Å²) in [4.78, 5) is 26.5. The van der Waals surface area contributed by atoms with Crippen molar-refractivity contribution in [1.29, 1.82) is 0 Å². The standard InChI is InChI=1S/C19H21N3O3/c23-17-10-4-9-16(12-17)20-18(24)14-6-5-11-22(13-14)19(25)21-15-7-2-1-3-8-15/h1-4,7-10,12,14,23H,5-6,11,13H2,(H,20,24)(H,21,25). The minimum absolute atomic E-state index is 0.102. The molecule has 1 unspecified atom stereocenters. The number of anilines is 2. The fourth-order valence-electron chi connectivity index (χ4n) is 2.93. The van der Waals surface area contributed by atoms with Crippen molar-refractivity contribution < 1.29 is 14.7 Å². The van der Waals surface area contributed by atoms with Crippen LogP contribution in [0.15, 0.2) is 54.6 Å². The molecule has 25 heavy (non-hydrogen) atoms. The molecule has 6 nitrogen and oxygen atoms in total. The molecular formula is C19H21N3O3. The molecule has 0 aliphatic carbocycles. The van der Waals surface area contributed by atoms with E-state index in [1.807, 2.05) is 30.3 Å². The summed E-state index contributed by atoms with van der Waals surface area (Å²) in [7, 11) is 0. The molecule has 3 N–H and O–H groups in total. The molecule has 1 aliphatic heterocycles. The Balaban J connectivity index is 1.58. The van der Waals surface area contributed by atoms with E-state index < -0.39 is 0 Å². The van der Waals surface area contributed by atoms with Gasteiger partial charge in [-0.1, -0.05) is 24.3 Å². The number of aromatic hydroxyl groups is 1. The Morgan fingerprint density at radius 2 is 1.76 bits per heavy atom. The molecule has 0 radical (unpaired) electrons. The zero-order valence-corrected chi connectivity index (χ0v) is 13.8. The molecule has 1 atom stereocenters. The summed E-state index contributed by atoms with van der Waals surface area (Å²) in [6.07, 6.45) is 1.51. The lowest BCUT2D eigenvalue weighted by molar-refractivity contribution is -0.121. The summed E-state index contributed by atoms with van der Waals surface area (Å²) >= 11 is 0. The number of likely N-dealkylation sites (tertiary alicyclic amines) is 1. The zero-order valence-electron chi connectivity index (χ0n) is 13.8. The first-order valence-electron chi connectivity index (χ1n) is 8.33. The fourth-order valence-corrected chi connectivity index (χ4v) is 2.93. The number of carbonyl (C=O) groups is 2. The predicted octanol–water partition coefficient (Wildman–Crippen LogP) is 3.27. The molecule has 1 aliphatic rings. The van der Waals surface area contributed by atoms with Gasteiger partial charge in [-0.3, -0.25) is 4.79 Å². The summed E-state index contributed by atoms with van der Waals surface area (Å²) in [5.41, 5.74) is 1.29. The van der Waals surface area contributed by atoms with E-state index in [0.717, 1.165) is 18.5 Å². The third-order valence-corrected chi connectivity index (χ3v) is 4.22. The van der Waals surface area contributed by atoms with Gasteiger partial charge < -0.3 is 20.6 Å². The van der Waals surface area contributed by atoms with Gasteiger partial charge in [-0.15, -0.1) is 0 Å². The van der Waals surface area contributed by atoms with Gasteiger partial charge in [-0.25, -0.2) is 4.79 Å². The third-order valence-electron chi connectivity index (χ3n) is 4.22. The van der Waals surface area contributed by atoms with E-state index in [9.17, 15) is 14.7 Å². The quantitative estimate of drug-likeness (QED) is 0.803. The van der Waals surface area contributed by atoms with E-state index in [0.29, 0.717) is 18.8 Å². The molecule has 0 spiro atoms. The van der Waals surface area contributed by atoms with E-state index in [1.165, 1.54) is 6.07 Å². The van der Waals surface area contributed by atoms with Crippen LogP contribution < -0.4 is 10.6 Å². The van der Waals surface area contributed by atoms with Gasteiger partial charge in [0.1, 0.15) is 5.75 Å². The van der Waals surface area contributed by atoms with Crippen molar-refractivity contribution in [3.05, 3.63) is 54.6 Å². The third kappa shape index (κ3) is 4.50. The van der Waals surface area contributed by atoms with Crippen LogP contribution in [-0.2, 0) is 4.79 Å². The number of phenolic OH excluding ortho intramolecular Hbond substituents is 1. The first-order valence-corrected chi connectivity index (χ1v) is 8.33. The van der Waals surface area contributed by atoms with E-state index in [4.69, 9.17) is 0 Å². The number of piperidine rings is 1. The molecule has 0 bridgehead atoms. The Labute approximate surface area is 146 Å². The summed E-state index contributed by atoms with van der Waals surface area (Å²) in [6, 6.07) is 15.5. The highest BCUT2D eigenvalue weighted by Gasteiger charge is 2.28. The molecule has 2 aromatic carbocycles. The Hall–Kier alpha value is -3.02. The molecule has 0 saturated carbocycles. The summed E-state index contributed by atoms with van der Waals surface area (Å²) in [5.74, 6) is -0.300. The lowest BCUT2D eigenvalue weighted by Crippen LogP contribution is -2.45. The van der Waals surface area contributed by atoms with Crippen LogP contribution in [0.1, 0.15) is 12.8 Å². The molecule has 1 heterocycles. The van der Waals surface area contributed by atoms with Crippen molar-refractivity contribution in [1.82, 2.24) is 4.90 Å². The maximum atomic E-state index is 12.5. The molecule has 130 valence electrons. The van der Waals surface area contributed by atoms with Crippen LogP contribution in [0.5, 0.6) is 5.75 Å². The van der Waals surface area contributed by atoms with Crippen molar-refractivity contribution in [2.75, 3.05) is 23.7 Å². The number of amides is 3. The van der Waals surface area contributed by atoms with Crippen LogP contribution >= 0.6 is 0 Å². The van der Waals surface area contributed by atoms with Crippen molar-refractivity contribution in [3.8, 4) is 5.75 Å². The van der Waals surface area contributed by atoms with Gasteiger partial charge in [-0.2, -0.15) is 0 Å². The Bertz CT molecular complexity index is 749. The first kappa shape index (κ1) is 16.8. The molecule has 0 aromatic heterocycles. The second kappa shape index (κ2) is 7.70. The van der Waals surface area contributed by atoms with Crippen LogP contribution in [0, 0.1) is 5.92 Å². The SMILES string of the molecule is O=C(Nc1cccc(O)c1)C1CCCN(C(=O)Nc2ccccc2)C1. The second-order valence-corrected chi connectivity index (χ2v) is 6.12. The van der Waals surface area contributed by atoms with Gasteiger partial charge in [0.15, 0.2) is 0 Å². The van der Waals surface area contributed by atoms with Crippen LogP contribution in [0.4, 0.5) is 16.2 Å². The van der Waals surface area contributed by atoms with Crippen LogP contribution in [-0.4, -0.2) is 35.0 Å². The zero-order chi connectivity index (χ0) is 17.6. The highest BCUT2D eigenvalue weighted by atomic mass is 16.3. The van der Waals surface area contributed by atoms with E-state index in [1.54, 1.807) is 23.1 Å². The molecule has 3 rings (SSSR count). The van der Waals surface area contributed by atoms with Gasteiger partial charge in [0.25, 0.3) is 0 Å². The maximum Gasteiger partial charge on any atom is 0.321 e. The largest absolute Gasteiger partial charge is 0.508 e. The number of para-hydroxylation sites is 1. The Morgan fingerprint density at radius 1 is 1.00 bits per heavy atom. The number of nitrogens with zero attached hydrogens (tertiary/aromatic N) is 1. The smallest absolute Gasteiger partial charge is 0.321 e. The summed E-state index contributed by atoms with van der Waals surface area (Å²) < 4.78 is 0. The molecule has 1 saturated heterocycles. The first-order chi connectivity index (χ1) is 12.1. The number of benzene rings is 2. The maximum absolute atomic E-state index is 12.5. The number of hydrogen-bond donors (Lipinski definition) is 3. The monoisotopic (exact) mass is 339 g/mol. The number of nitrogens with one attached hydrogen (secondary N) is 2. The highest BCUT2D eigenvalue weighted by Crippen LogP contribution is 2.21. The molecule has 6 heteroatoms. The predicted molar refractivity (Wildman–Crippen MR) is 96.5 cm³/mol. The lowest BCUT2D eigenvalue weighted by Gasteiger charge is -2.32. The van der Waals surface area contributed by atoms with Crippen molar-refractivity contribution in [2.24, 2.45) is 5.92 Å². The Kier molecular flexibility index (Phi) is 5.18. The number of carbonyl (C=O) groups excluding carboxylic acids is 2. The van der Waals surface area contributed by atoms with Gasteiger partial charge in [0.05, 0.1) is 5.92 Å². The number of urea groups is 1. The summed E-state index contributed by atoms with van der Waals surface area (Å²) in [6.45, 7) is 1.01. The van der Waals surface area contributed by atoms with E-state index in [-0.39, 0.29) is 23.6 Å². The second-order valence-electron chi connectivity index (χ2n) is 6.12. The average molecular weight is 339 g/mol. The average Bonchev–Trinajstić information content (AvgIpc) is 2.62. The van der Waals surface area contributed by atoms with Crippen molar-refractivity contribution >= 4 is 23.3 Å². The minimum Gasteiger partial charge on any atom is -0.508 e. The topological polar surface area (TPSA) is 81.7 Å². The fraction of sp³-hybridized carbons (Fsp3) is 0.263. The van der Waals surface area contributed by atoms with Crippen LogP contribution in [0.3, 0.4) is 0 Å².